The second-order valence-corrected chi connectivity index (χ2v) is 5.49. The topological polar surface area (TPSA) is 30.5 Å². The van der Waals surface area contributed by atoms with Gasteiger partial charge in [0, 0.05) is 10.4 Å². The fourth-order valence-corrected chi connectivity index (χ4v) is 3.39. The second-order valence-electron chi connectivity index (χ2n) is 4.54. The lowest BCUT2D eigenvalue weighted by Gasteiger charge is -2.22. The lowest BCUT2D eigenvalue weighted by atomic mass is 10.0. The van der Waals surface area contributed by atoms with Gasteiger partial charge >= 0.3 is 0 Å². The van der Waals surface area contributed by atoms with E-state index in [1.54, 1.807) is 25.6 Å². The van der Waals surface area contributed by atoms with Crippen molar-refractivity contribution in [1.29, 1.82) is 0 Å². The molecule has 0 fully saturated rings. The molecule has 0 aliphatic heterocycles. The van der Waals surface area contributed by atoms with Crippen LogP contribution in [-0.2, 0) is 0 Å². The third kappa shape index (κ3) is 2.81. The molecule has 1 N–H and O–H groups in total. The molecule has 2 rings (SSSR count). The highest BCUT2D eigenvalue weighted by Gasteiger charge is 2.22. The Morgan fingerprint density at radius 1 is 1.20 bits per heavy atom. The Hall–Kier alpha value is -1.52. The van der Waals surface area contributed by atoms with Crippen LogP contribution in [-0.4, -0.2) is 20.8 Å². The first kappa shape index (κ1) is 14.9. The number of hydrogen-bond donors (Lipinski definition) is 1. The third-order valence-corrected chi connectivity index (χ3v) is 4.40. The smallest absolute Gasteiger partial charge is 0.165 e. The lowest BCUT2D eigenvalue weighted by molar-refractivity contribution is 0.349. The Bertz CT molecular complexity index is 565. The summed E-state index contributed by atoms with van der Waals surface area (Å²) < 4.78 is 11.0. The molecule has 3 nitrogen and oxygen atoms in total. The van der Waals surface area contributed by atoms with Crippen LogP contribution in [0.25, 0.3) is 0 Å². The molecule has 108 valence electrons. The second kappa shape index (κ2) is 6.77. The zero-order valence-corrected chi connectivity index (χ0v) is 13.2. The van der Waals surface area contributed by atoms with E-state index in [-0.39, 0.29) is 6.04 Å². The molecule has 4 heteroatoms. The summed E-state index contributed by atoms with van der Waals surface area (Å²) in [5.41, 5.74) is 2.41. The number of hydrogen-bond acceptors (Lipinski definition) is 4. The first-order valence-electron chi connectivity index (χ1n) is 6.71. The van der Waals surface area contributed by atoms with Crippen LogP contribution in [0.1, 0.15) is 29.0 Å². The quantitative estimate of drug-likeness (QED) is 0.878. The average molecular weight is 291 g/mol. The fourth-order valence-electron chi connectivity index (χ4n) is 2.37. The summed E-state index contributed by atoms with van der Waals surface area (Å²) in [6, 6.07) is 8.30. The molecular formula is C16H21NO2S. The molecule has 0 saturated heterocycles. The SMILES string of the molecule is CCNC(c1cccc(OC)c1OC)c1sccc1C. The number of ether oxygens (including phenoxy) is 2. The van der Waals surface area contributed by atoms with E-state index in [0.717, 1.165) is 23.6 Å². The number of thiophene rings is 1. The van der Waals surface area contributed by atoms with E-state index in [1.165, 1.54) is 10.4 Å². The predicted molar refractivity (Wildman–Crippen MR) is 84.1 cm³/mol. The van der Waals surface area contributed by atoms with Crippen LogP contribution in [0.15, 0.2) is 29.6 Å². The summed E-state index contributed by atoms with van der Waals surface area (Å²) in [6.07, 6.45) is 0. The van der Waals surface area contributed by atoms with Gasteiger partial charge < -0.3 is 14.8 Å². The Balaban J connectivity index is 2.52. The lowest BCUT2D eigenvalue weighted by Crippen LogP contribution is -2.22. The number of methoxy groups -OCH3 is 2. The zero-order chi connectivity index (χ0) is 14.5. The van der Waals surface area contributed by atoms with Crippen LogP contribution in [0.4, 0.5) is 0 Å². The maximum atomic E-state index is 5.57. The van der Waals surface area contributed by atoms with E-state index in [0.29, 0.717) is 0 Å². The first-order chi connectivity index (χ1) is 9.72. The maximum Gasteiger partial charge on any atom is 0.165 e. The van der Waals surface area contributed by atoms with Gasteiger partial charge in [0.1, 0.15) is 0 Å². The highest BCUT2D eigenvalue weighted by Crippen LogP contribution is 2.39. The van der Waals surface area contributed by atoms with Crippen LogP contribution in [0.2, 0.25) is 0 Å². The van der Waals surface area contributed by atoms with Gasteiger partial charge in [-0.1, -0.05) is 19.1 Å². The maximum absolute atomic E-state index is 5.57. The molecule has 0 aliphatic carbocycles. The molecule has 1 unspecified atom stereocenters. The van der Waals surface area contributed by atoms with E-state index in [9.17, 15) is 0 Å². The Morgan fingerprint density at radius 3 is 2.55 bits per heavy atom. The summed E-state index contributed by atoms with van der Waals surface area (Å²) in [5, 5.41) is 5.67. The van der Waals surface area contributed by atoms with Gasteiger partial charge in [0.2, 0.25) is 0 Å². The van der Waals surface area contributed by atoms with Gasteiger partial charge in [-0.3, -0.25) is 0 Å². The Morgan fingerprint density at radius 2 is 2.00 bits per heavy atom. The molecule has 0 amide bonds. The minimum Gasteiger partial charge on any atom is -0.493 e. The van der Waals surface area contributed by atoms with E-state index in [2.05, 4.69) is 36.7 Å². The van der Waals surface area contributed by atoms with E-state index in [1.807, 2.05) is 12.1 Å². The van der Waals surface area contributed by atoms with Gasteiger partial charge in [0.15, 0.2) is 11.5 Å². The van der Waals surface area contributed by atoms with Crippen LogP contribution >= 0.6 is 11.3 Å². The molecule has 1 atom stereocenters. The molecule has 0 spiro atoms. The van der Waals surface area contributed by atoms with Crippen LogP contribution < -0.4 is 14.8 Å². The number of nitrogens with one attached hydrogen (secondary N) is 1. The van der Waals surface area contributed by atoms with Crippen LogP contribution in [0.5, 0.6) is 11.5 Å². The standard InChI is InChI=1S/C16H21NO2S/c1-5-17-14(16-11(2)9-10-20-16)12-7-6-8-13(18-3)15(12)19-4/h6-10,14,17H,5H2,1-4H3. The minimum absolute atomic E-state index is 0.130. The van der Waals surface area contributed by atoms with Gasteiger partial charge in [-0.2, -0.15) is 0 Å². The van der Waals surface area contributed by atoms with Crippen molar-refractivity contribution in [3.63, 3.8) is 0 Å². The Labute approximate surface area is 124 Å². The third-order valence-electron chi connectivity index (χ3n) is 3.32. The van der Waals surface area contributed by atoms with Gasteiger partial charge in [-0.05, 0) is 36.5 Å². The number of benzene rings is 1. The molecule has 0 bridgehead atoms. The fraction of sp³-hybridized carbons (Fsp3) is 0.375. The highest BCUT2D eigenvalue weighted by atomic mass is 32.1. The molecule has 20 heavy (non-hydrogen) atoms. The van der Waals surface area contributed by atoms with Crippen molar-refractivity contribution in [2.75, 3.05) is 20.8 Å². The van der Waals surface area contributed by atoms with Crippen LogP contribution in [0.3, 0.4) is 0 Å². The van der Waals surface area contributed by atoms with Crippen molar-refractivity contribution in [3.05, 3.63) is 45.6 Å². The summed E-state index contributed by atoms with van der Waals surface area (Å²) in [7, 11) is 3.35. The molecule has 1 aromatic carbocycles. The number of aryl methyl sites for hydroxylation is 1. The highest BCUT2D eigenvalue weighted by molar-refractivity contribution is 7.10. The molecule has 0 saturated carbocycles. The summed E-state index contributed by atoms with van der Waals surface area (Å²) in [5.74, 6) is 1.57. The monoisotopic (exact) mass is 291 g/mol. The van der Waals surface area contributed by atoms with Gasteiger partial charge in [0.25, 0.3) is 0 Å². The van der Waals surface area contributed by atoms with E-state index in [4.69, 9.17) is 9.47 Å². The van der Waals surface area contributed by atoms with Gasteiger partial charge in [-0.15, -0.1) is 11.3 Å². The van der Waals surface area contributed by atoms with E-state index >= 15 is 0 Å². The number of para-hydroxylation sites is 1. The molecular weight excluding hydrogens is 270 g/mol. The van der Waals surface area contributed by atoms with Crippen molar-refractivity contribution in [2.45, 2.75) is 19.9 Å². The summed E-state index contributed by atoms with van der Waals surface area (Å²) in [4.78, 5) is 1.32. The Kier molecular flexibility index (Phi) is 5.04. The molecule has 0 radical (unpaired) electrons. The van der Waals surface area contributed by atoms with Crippen molar-refractivity contribution in [1.82, 2.24) is 5.32 Å². The van der Waals surface area contributed by atoms with Crippen molar-refractivity contribution >= 4 is 11.3 Å². The van der Waals surface area contributed by atoms with Crippen molar-refractivity contribution in [2.24, 2.45) is 0 Å². The zero-order valence-electron chi connectivity index (χ0n) is 12.4. The molecule has 1 heterocycles. The average Bonchev–Trinajstić information content (AvgIpc) is 2.89. The largest absolute Gasteiger partial charge is 0.493 e. The van der Waals surface area contributed by atoms with Crippen molar-refractivity contribution < 1.29 is 9.47 Å². The van der Waals surface area contributed by atoms with Gasteiger partial charge in [-0.25, -0.2) is 0 Å². The van der Waals surface area contributed by atoms with E-state index < -0.39 is 0 Å². The van der Waals surface area contributed by atoms with Crippen LogP contribution in [0, 0.1) is 6.92 Å². The normalized spacial score (nSPS) is 12.2. The predicted octanol–water partition coefficient (Wildman–Crippen LogP) is 3.77. The molecule has 1 aromatic heterocycles. The minimum atomic E-state index is 0.130. The molecule has 0 aliphatic rings. The van der Waals surface area contributed by atoms with Gasteiger partial charge in [0.05, 0.1) is 20.3 Å². The van der Waals surface area contributed by atoms with Crippen molar-refractivity contribution in [3.8, 4) is 11.5 Å². The summed E-state index contributed by atoms with van der Waals surface area (Å²) in [6.45, 7) is 5.15. The summed E-state index contributed by atoms with van der Waals surface area (Å²) >= 11 is 1.77. The first-order valence-corrected chi connectivity index (χ1v) is 7.59. The number of rotatable bonds is 6. The molecule has 2 aromatic rings.